The van der Waals surface area contributed by atoms with Crippen molar-refractivity contribution in [3.8, 4) is 6.07 Å². The first-order valence-corrected chi connectivity index (χ1v) is 24.4. The SMILES string of the molecule is CCCCCCCCCCCCN1C(=CC2=C(C(=C=N)C#N)C(=Cc3[se]c4ccccc4[n+]3CCCCCCCCCCCC)C2=O)[Se]c2ccccc21. The van der Waals surface area contributed by atoms with Crippen LogP contribution in [0.15, 0.2) is 81.5 Å². The Labute approximate surface area is 337 Å². The van der Waals surface area contributed by atoms with E-state index in [9.17, 15) is 10.1 Å². The second-order valence-corrected chi connectivity index (χ2v) is 19.4. The van der Waals surface area contributed by atoms with Crippen molar-refractivity contribution in [2.75, 3.05) is 11.4 Å². The van der Waals surface area contributed by atoms with Gasteiger partial charge in [-0.3, -0.25) is 0 Å². The Morgan fingerprint density at radius 1 is 0.759 bits per heavy atom. The van der Waals surface area contributed by atoms with Crippen LogP contribution >= 0.6 is 0 Å². The van der Waals surface area contributed by atoms with E-state index >= 15 is 0 Å². The molecule has 7 heteroatoms. The Balaban J connectivity index is 1.31. The van der Waals surface area contributed by atoms with E-state index < -0.39 is 0 Å². The van der Waals surface area contributed by atoms with E-state index in [0.29, 0.717) is 16.7 Å². The van der Waals surface area contributed by atoms with Gasteiger partial charge < -0.3 is 0 Å². The summed E-state index contributed by atoms with van der Waals surface area (Å²) in [5.74, 6) is 2.36. The predicted octanol–water partition coefficient (Wildman–Crippen LogP) is 10.7. The van der Waals surface area contributed by atoms with Gasteiger partial charge in [0, 0.05) is 0 Å². The third-order valence-electron chi connectivity index (χ3n) is 10.8. The molecule has 3 aromatic rings. The third-order valence-corrected chi connectivity index (χ3v) is 15.5. The molecule has 0 unspecified atom stereocenters. The van der Waals surface area contributed by atoms with E-state index in [0.717, 1.165) is 35.1 Å². The van der Waals surface area contributed by atoms with Crippen LogP contribution in [0.2, 0.25) is 0 Å². The number of benzene rings is 2. The Kier molecular flexibility index (Phi) is 17.9. The van der Waals surface area contributed by atoms with Crippen LogP contribution < -0.4 is 13.9 Å². The molecule has 0 spiro atoms. The first kappa shape index (κ1) is 41.9. The summed E-state index contributed by atoms with van der Waals surface area (Å²) < 4.78 is 7.41. The van der Waals surface area contributed by atoms with E-state index in [-0.39, 0.29) is 40.8 Å². The zero-order valence-electron chi connectivity index (χ0n) is 32.9. The van der Waals surface area contributed by atoms with Gasteiger partial charge in [-0.05, 0) is 0 Å². The summed E-state index contributed by atoms with van der Waals surface area (Å²) in [4.78, 5) is 16.5. The molecule has 0 atom stereocenters. The summed E-state index contributed by atoms with van der Waals surface area (Å²) >= 11 is 0.121. The van der Waals surface area contributed by atoms with Gasteiger partial charge in [-0.25, -0.2) is 0 Å². The molecule has 5 rings (SSSR count). The Morgan fingerprint density at radius 3 is 1.96 bits per heavy atom. The Bertz CT molecular complexity index is 1890. The van der Waals surface area contributed by atoms with Crippen LogP contribution in [-0.2, 0) is 11.3 Å². The summed E-state index contributed by atoms with van der Waals surface area (Å²) in [5, 5.41) is 18.1. The van der Waals surface area contributed by atoms with Crippen molar-refractivity contribution >= 4 is 67.1 Å². The van der Waals surface area contributed by atoms with Gasteiger partial charge in [-0.1, -0.05) is 26.7 Å². The molecule has 2 aliphatic rings. The number of nitriles is 1. The normalized spacial score (nSPS) is 15.3. The molecular weight excluding hydrogens is 794 g/mol. The summed E-state index contributed by atoms with van der Waals surface area (Å²) in [7, 11) is 0. The Hall–Kier alpha value is -3.22. The minimum absolute atomic E-state index is 0.0238. The predicted molar refractivity (Wildman–Crippen MR) is 229 cm³/mol. The number of unbranched alkanes of at least 4 members (excludes halogenated alkanes) is 18. The van der Waals surface area contributed by atoms with Crippen LogP contribution in [0, 0.1) is 16.7 Å². The van der Waals surface area contributed by atoms with Crippen LogP contribution in [0.1, 0.15) is 147 Å². The number of aryl methyl sites for hydroxylation is 1. The van der Waals surface area contributed by atoms with Gasteiger partial charge in [0.15, 0.2) is 0 Å². The van der Waals surface area contributed by atoms with Crippen molar-refractivity contribution in [1.82, 2.24) is 0 Å². The molecule has 286 valence electrons. The van der Waals surface area contributed by atoms with Crippen LogP contribution in [0.4, 0.5) is 5.69 Å². The summed E-state index contributed by atoms with van der Waals surface area (Å²) in [6, 6.07) is 19.4. The van der Waals surface area contributed by atoms with Gasteiger partial charge >= 0.3 is 313 Å². The first-order valence-electron chi connectivity index (χ1n) is 21.0. The second kappa shape index (κ2) is 23.0. The number of para-hydroxylation sites is 2. The van der Waals surface area contributed by atoms with Crippen molar-refractivity contribution in [1.29, 1.82) is 10.7 Å². The number of carbonyl (C=O) groups is 1. The number of hydrogen-bond donors (Lipinski definition) is 1. The molecule has 5 nitrogen and oxygen atoms in total. The quantitative estimate of drug-likeness (QED) is 0.0230. The average Bonchev–Trinajstić information content (AvgIpc) is 3.73. The van der Waals surface area contributed by atoms with E-state index in [2.05, 4.69) is 83.8 Å². The fraction of sp³-hybridized carbons (Fsp3) is 0.511. The van der Waals surface area contributed by atoms with Crippen molar-refractivity contribution in [3.05, 3.63) is 86.1 Å². The molecule has 1 aliphatic heterocycles. The summed E-state index contributed by atoms with van der Waals surface area (Å²) in [6.07, 6.45) is 30.1. The number of Topliss-reactive ketones (excluding diaryl/α,β-unsaturated/α-hetero) is 1. The van der Waals surface area contributed by atoms with Gasteiger partial charge in [0.25, 0.3) is 0 Å². The molecule has 2 heterocycles. The van der Waals surface area contributed by atoms with Crippen molar-refractivity contribution < 1.29 is 9.36 Å². The molecule has 0 radical (unpaired) electrons. The van der Waals surface area contributed by atoms with Crippen LogP contribution in [0.5, 0.6) is 0 Å². The number of hydrogen-bond acceptors (Lipinski definition) is 4. The van der Waals surface area contributed by atoms with E-state index in [4.69, 9.17) is 5.41 Å². The molecule has 0 amide bonds. The van der Waals surface area contributed by atoms with Crippen LogP contribution in [0.3, 0.4) is 0 Å². The maximum absolute atomic E-state index is 14.1. The molecule has 1 aromatic heterocycles. The van der Waals surface area contributed by atoms with Gasteiger partial charge in [0.2, 0.25) is 0 Å². The van der Waals surface area contributed by atoms with E-state index in [1.54, 1.807) is 0 Å². The number of rotatable bonds is 25. The van der Waals surface area contributed by atoms with Gasteiger partial charge in [-0.15, -0.1) is 0 Å². The number of allylic oxidation sites excluding steroid dienone is 5. The monoisotopic (exact) mass is 857 g/mol. The van der Waals surface area contributed by atoms with Crippen LogP contribution in [-0.4, -0.2) is 47.7 Å². The topological polar surface area (TPSA) is 71.8 Å². The van der Waals surface area contributed by atoms with Crippen molar-refractivity contribution in [2.45, 2.75) is 149 Å². The number of aromatic nitrogens is 1. The molecule has 0 saturated carbocycles. The van der Waals surface area contributed by atoms with E-state index in [1.807, 2.05) is 12.2 Å². The van der Waals surface area contributed by atoms with Gasteiger partial charge in [0.05, 0.1) is 0 Å². The van der Waals surface area contributed by atoms with Gasteiger partial charge in [0.1, 0.15) is 0 Å². The maximum atomic E-state index is 14.1. The standard InChI is InChI=1S/C47H61N4OSe2/c1-3-5-7-9-11-13-15-17-19-25-31-50-40-27-21-23-29-42(40)53-44(50)33-38-46(37(35-48)36-49)39(47(38)52)34-45-51(41-28-22-24-30-43(41)54-45)32-26-20-18-16-14-12-10-8-6-4-2/h21-24,27-30,33-34,48H,3-20,25-26,31-32H2,1-2H3/q+1. The molecule has 0 fully saturated rings. The number of anilines is 1. The fourth-order valence-electron chi connectivity index (χ4n) is 7.69. The zero-order valence-corrected chi connectivity index (χ0v) is 36.3. The van der Waals surface area contributed by atoms with Gasteiger partial charge in [-0.2, -0.15) is 0 Å². The first-order chi connectivity index (χ1) is 26.6. The number of nitrogens with one attached hydrogen (secondary N) is 1. The fourth-order valence-corrected chi connectivity index (χ4v) is 12.4. The van der Waals surface area contributed by atoms with Crippen molar-refractivity contribution in [3.63, 3.8) is 0 Å². The molecule has 1 N–H and O–H groups in total. The van der Waals surface area contributed by atoms with Crippen LogP contribution in [0.25, 0.3) is 15.9 Å². The number of nitrogens with zero attached hydrogens (tertiary/aromatic N) is 3. The minimum atomic E-state index is -0.0238. The number of ketones is 1. The molecular formula is C47H61N4OSe2+. The van der Waals surface area contributed by atoms with Crippen molar-refractivity contribution in [2.24, 2.45) is 0 Å². The Morgan fingerprint density at radius 2 is 1.33 bits per heavy atom. The molecule has 0 bridgehead atoms. The zero-order chi connectivity index (χ0) is 38.0. The molecule has 0 saturated heterocycles. The number of carbonyl (C=O) groups excluding carboxylic acids is 1. The summed E-state index contributed by atoms with van der Waals surface area (Å²) in [6.45, 7) is 6.40. The molecule has 1 aliphatic carbocycles. The second-order valence-electron chi connectivity index (χ2n) is 14.9. The molecule has 2 aromatic carbocycles. The van der Waals surface area contributed by atoms with E-state index in [1.165, 1.54) is 136 Å². The number of fused-ring (bicyclic) bond motifs is 2. The molecule has 54 heavy (non-hydrogen) atoms. The average molecular weight is 856 g/mol. The summed E-state index contributed by atoms with van der Waals surface area (Å²) in [5.41, 5.74) is 4.34. The third kappa shape index (κ3) is 11.4.